The van der Waals surface area contributed by atoms with E-state index in [1.807, 2.05) is 0 Å². The zero-order valence-corrected chi connectivity index (χ0v) is 14.0. The molecule has 0 unspecified atom stereocenters. The molecule has 0 atom stereocenters. The Balaban J connectivity index is 2.43. The Morgan fingerprint density at radius 2 is 1.05 bits per heavy atom. The maximum absolute atomic E-state index is 6.38. The number of halogens is 6. The van der Waals surface area contributed by atoms with Gasteiger partial charge in [0, 0.05) is 23.5 Å². The van der Waals surface area contributed by atoms with Gasteiger partial charge in [-0.15, -0.1) is 0 Å². The summed E-state index contributed by atoms with van der Waals surface area (Å²) in [7, 11) is 0. The molecule has 8 heteroatoms. The highest BCUT2D eigenvalue weighted by atomic mass is 35.5. The smallest absolute Gasteiger partial charge is 0.182 e. The van der Waals surface area contributed by atoms with Crippen LogP contribution in [0.1, 0.15) is 11.1 Å². The first-order valence-corrected chi connectivity index (χ1v) is 7.60. The van der Waals surface area contributed by atoms with Gasteiger partial charge in [0.15, 0.2) is 8.67 Å². The molecule has 2 nitrogen and oxygen atoms in total. The molecule has 2 aromatic rings. The first-order chi connectivity index (χ1) is 9.25. The van der Waals surface area contributed by atoms with Crippen molar-refractivity contribution in [3.05, 3.63) is 45.7 Å². The van der Waals surface area contributed by atoms with Crippen molar-refractivity contribution in [2.24, 2.45) is 0 Å². The van der Waals surface area contributed by atoms with Crippen molar-refractivity contribution in [1.29, 1.82) is 0 Å². The van der Waals surface area contributed by atoms with Crippen LogP contribution in [0.3, 0.4) is 0 Å². The number of pyridine rings is 2. The van der Waals surface area contributed by atoms with E-state index in [1.165, 1.54) is 12.4 Å². The standard InChI is InChI=1S/C12H4Cl6N2/c13-5-1-7-9(19-3-5)10-8(2-6(14)4-20-10)12(17,18)11(7,15)16/h1-4H. The van der Waals surface area contributed by atoms with E-state index in [0.717, 1.165) is 0 Å². The molecule has 0 aliphatic heterocycles. The van der Waals surface area contributed by atoms with Gasteiger partial charge in [0.05, 0.1) is 21.4 Å². The highest BCUT2D eigenvalue weighted by molar-refractivity contribution is 6.62. The van der Waals surface area contributed by atoms with E-state index in [4.69, 9.17) is 69.6 Å². The van der Waals surface area contributed by atoms with Gasteiger partial charge in [0.1, 0.15) is 0 Å². The van der Waals surface area contributed by atoms with Gasteiger partial charge in [-0.2, -0.15) is 0 Å². The van der Waals surface area contributed by atoms with Crippen molar-refractivity contribution in [2.45, 2.75) is 8.67 Å². The summed E-state index contributed by atoms with van der Waals surface area (Å²) < 4.78 is -3.27. The molecule has 0 bridgehead atoms. The van der Waals surface area contributed by atoms with Crippen LogP contribution in [-0.4, -0.2) is 9.97 Å². The minimum Gasteiger partial charge on any atom is -0.253 e. The minimum atomic E-state index is -1.64. The van der Waals surface area contributed by atoms with Gasteiger partial charge in [-0.05, 0) is 12.1 Å². The molecule has 20 heavy (non-hydrogen) atoms. The van der Waals surface area contributed by atoms with Gasteiger partial charge in [-0.3, -0.25) is 9.97 Å². The molecule has 0 saturated carbocycles. The molecule has 0 amide bonds. The van der Waals surface area contributed by atoms with Crippen molar-refractivity contribution in [2.75, 3.05) is 0 Å². The Morgan fingerprint density at radius 3 is 1.40 bits per heavy atom. The second kappa shape index (κ2) is 4.77. The van der Waals surface area contributed by atoms with E-state index in [2.05, 4.69) is 9.97 Å². The Morgan fingerprint density at radius 1 is 0.700 bits per heavy atom. The van der Waals surface area contributed by atoms with Gasteiger partial charge in [-0.25, -0.2) is 0 Å². The quantitative estimate of drug-likeness (QED) is 0.539. The average Bonchev–Trinajstić information content (AvgIpc) is 2.37. The number of rotatable bonds is 0. The third kappa shape index (κ3) is 2.01. The van der Waals surface area contributed by atoms with Crippen molar-refractivity contribution in [3.8, 4) is 11.4 Å². The van der Waals surface area contributed by atoms with Crippen molar-refractivity contribution in [1.82, 2.24) is 9.97 Å². The number of aromatic nitrogens is 2. The van der Waals surface area contributed by atoms with Crippen LogP contribution in [0.4, 0.5) is 0 Å². The Kier molecular flexibility index (Phi) is 3.57. The SMILES string of the molecule is Clc1cnc2c(c1)C(Cl)(Cl)C(Cl)(Cl)c1cc(Cl)cnc1-2. The molecule has 104 valence electrons. The molecule has 0 radical (unpaired) electrons. The van der Waals surface area contributed by atoms with Crippen LogP contribution >= 0.6 is 69.6 Å². The lowest BCUT2D eigenvalue weighted by atomic mass is 9.91. The summed E-state index contributed by atoms with van der Waals surface area (Å²) in [4.78, 5) is 8.45. The first-order valence-electron chi connectivity index (χ1n) is 5.33. The zero-order chi connectivity index (χ0) is 14.7. The number of hydrogen-bond donors (Lipinski definition) is 0. The number of alkyl halides is 4. The average molecular weight is 389 g/mol. The minimum absolute atomic E-state index is 0.371. The van der Waals surface area contributed by atoms with Crippen molar-refractivity contribution in [3.63, 3.8) is 0 Å². The van der Waals surface area contributed by atoms with Gasteiger partial charge < -0.3 is 0 Å². The number of nitrogens with zero attached hydrogens (tertiary/aromatic N) is 2. The summed E-state index contributed by atoms with van der Waals surface area (Å²) in [6.45, 7) is 0. The maximum atomic E-state index is 6.38. The van der Waals surface area contributed by atoms with Crippen LogP contribution in [0.25, 0.3) is 11.4 Å². The van der Waals surface area contributed by atoms with Crippen LogP contribution < -0.4 is 0 Å². The molecule has 0 fully saturated rings. The number of fused-ring (bicyclic) bond motifs is 3. The fraction of sp³-hybridized carbons (Fsp3) is 0.167. The van der Waals surface area contributed by atoms with E-state index < -0.39 is 8.67 Å². The Hall–Kier alpha value is 0.0400. The predicted molar refractivity (Wildman–Crippen MR) is 84.3 cm³/mol. The molecular weight excluding hydrogens is 385 g/mol. The second-order valence-electron chi connectivity index (χ2n) is 4.25. The van der Waals surface area contributed by atoms with Crippen molar-refractivity contribution >= 4 is 69.6 Å². The summed E-state index contributed by atoms with van der Waals surface area (Å²) in [6, 6.07) is 3.14. The van der Waals surface area contributed by atoms with E-state index in [9.17, 15) is 0 Å². The molecule has 2 heterocycles. The Labute approximate surface area is 144 Å². The second-order valence-corrected chi connectivity index (χ2v) is 7.78. The lowest BCUT2D eigenvalue weighted by molar-refractivity contribution is 0.710. The fourth-order valence-corrected chi connectivity index (χ4v) is 3.37. The predicted octanol–water partition coefficient (Wildman–Crippen LogP) is 5.72. The molecule has 3 rings (SSSR count). The first kappa shape index (κ1) is 15.0. The zero-order valence-electron chi connectivity index (χ0n) is 9.47. The molecule has 1 aliphatic carbocycles. The van der Waals surface area contributed by atoms with Crippen LogP contribution in [0.2, 0.25) is 10.0 Å². The molecule has 0 saturated heterocycles. The van der Waals surface area contributed by atoms with E-state index in [-0.39, 0.29) is 0 Å². The molecule has 1 aliphatic rings. The molecule has 0 N–H and O–H groups in total. The lowest BCUT2D eigenvalue weighted by Crippen LogP contribution is -2.36. The van der Waals surface area contributed by atoms with Gasteiger partial charge in [0.25, 0.3) is 0 Å². The van der Waals surface area contributed by atoms with Gasteiger partial charge in [-0.1, -0.05) is 69.6 Å². The topological polar surface area (TPSA) is 25.8 Å². The molecular formula is C12H4Cl6N2. The monoisotopic (exact) mass is 386 g/mol. The molecule has 0 spiro atoms. The maximum Gasteiger partial charge on any atom is 0.182 e. The van der Waals surface area contributed by atoms with Gasteiger partial charge >= 0.3 is 0 Å². The summed E-state index contributed by atoms with van der Waals surface area (Å²) in [5.41, 5.74) is 1.76. The van der Waals surface area contributed by atoms with Crippen molar-refractivity contribution < 1.29 is 0 Å². The highest BCUT2D eigenvalue weighted by Gasteiger charge is 2.56. The van der Waals surface area contributed by atoms with E-state index in [0.29, 0.717) is 32.6 Å². The third-order valence-electron chi connectivity index (χ3n) is 3.00. The lowest BCUT2D eigenvalue weighted by Gasteiger charge is -2.39. The summed E-state index contributed by atoms with van der Waals surface area (Å²) >= 11 is 37.4. The third-order valence-corrected chi connectivity index (χ3v) is 5.75. The van der Waals surface area contributed by atoms with E-state index in [1.54, 1.807) is 12.1 Å². The fourth-order valence-electron chi connectivity index (χ4n) is 2.07. The Bertz CT molecular complexity index is 652. The molecule has 2 aromatic heterocycles. The largest absolute Gasteiger partial charge is 0.253 e. The van der Waals surface area contributed by atoms with Crippen LogP contribution in [0, 0.1) is 0 Å². The molecule has 0 aromatic carbocycles. The summed E-state index contributed by atoms with van der Waals surface area (Å²) in [6.07, 6.45) is 2.94. The summed E-state index contributed by atoms with van der Waals surface area (Å²) in [5.74, 6) is 0. The van der Waals surface area contributed by atoms with Gasteiger partial charge in [0.2, 0.25) is 0 Å². The normalized spacial score (nSPS) is 18.3. The number of hydrogen-bond acceptors (Lipinski definition) is 2. The van der Waals surface area contributed by atoms with Crippen LogP contribution in [-0.2, 0) is 8.67 Å². The van der Waals surface area contributed by atoms with Crippen LogP contribution in [0.15, 0.2) is 24.5 Å². The summed E-state index contributed by atoms with van der Waals surface area (Å²) in [5, 5.41) is 0.743. The van der Waals surface area contributed by atoms with E-state index >= 15 is 0 Å². The highest BCUT2D eigenvalue weighted by Crippen LogP contribution is 2.62. The van der Waals surface area contributed by atoms with Crippen LogP contribution in [0.5, 0.6) is 0 Å².